The van der Waals surface area contributed by atoms with Crippen molar-refractivity contribution < 1.29 is 0 Å². The molecule has 0 aliphatic heterocycles. The molecule has 1 aromatic carbocycles. The van der Waals surface area contributed by atoms with Crippen molar-refractivity contribution in [3.05, 3.63) is 41.1 Å². The van der Waals surface area contributed by atoms with E-state index in [1.54, 1.807) is 0 Å². The number of rotatable bonds is 1. The topological polar surface area (TPSA) is 43.8 Å². The highest BCUT2D eigenvalue weighted by molar-refractivity contribution is 5.49. The zero-order valence-corrected chi connectivity index (χ0v) is 9.40. The molecule has 82 valence electrons. The first-order valence-electron chi connectivity index (χ1n) is 5.69. The summed E-state index contributed by atoms with van der Waals surface area (Å²) < 4.78 is 2.00. The SMILES string of the molecule is Cc1cccc(-n2nc(N)c3c2CCC3)c1. The van der Waals surface area contributed by atoms with Crippen molar-refractivity contribution >= 4 is 5.82 Å². The Morgan fingerprint density at radius 3 is 3.00 bits per heavy atom. The average Bonchev–Trinajstić information content (AvgIpc) is 2.83. The van der Waals surface area contributed by atoms with E-state index < -0.39 is 0 Å². The minimum absolute atomic E-state index is 0.703. The van der Waals surface area contributed by atoms with Crippen LogP contribution in [0.5, 0.6) is 0 Å². The molecular formula is C13H15N3. The summed E-state index contributed by atoms with van der Waals surface area (Å²) in [5.74, 6) is 0.703. The second-order valence-corrected chi connectivity index (χ2v) is 4.41. The lowest BCUT2D eigenvalue weighted by atomic mass is 10.2. The molecule has 0 fully saturated rings. The molecule has 1 aliphatic carbocycles. The zero-order valence-electron chi connectivity index (χ0n) is 9.40. The number of anilines is 1. The highest BCUT2D eigenvalue weighted by Gasteiger charge is 2.21. The fraction of sp³-hybridized carbons (Fsp3) is 0.308. The molecule has 3 nitrogen and oxygen atoms in total. The van der Waals surface area contributed by atoms with Crippen LogP contribution < -0.4 is 5.73 Å². The number of nitrogen functional groups attached to an aromatic ring is 1. The van der Waals surface area contributed by atoms with Gasteiger partial charge in [0.15, 0.2) is 0 Å². The Kier molecular flexibility index (Phi) is 1.99. The van der Waals surface area contributed by atoms with E-state index in [-0.39, 0.29) is 0 Å². The molecule has 16 heavy (non-hydrogen) atoms. The van der Waals surface area contributed by atoms with Gasteiger partial charge >= 0.3 is 0 Å². The maximum Gasteiger partial charge on any atom is 0.149 e. The second kappa shape index (κ2) is 3.37. The summed E-state index contributed by atoms with van der Waals surface area (Å²) in [6.45, 7) is 2.09. The van der Waals surface area contributed by atoms with Gasteiger partial charge < -0.3 is 5.73 Å². The summed E-state index contributed by atoms with van der Waals surface area (Å²) in [4.78, 5) is 0. The fourth-order valence-electron chi connectivity index (χ4n) is 2.44. The van der Waals surface area contributed by atoms with E-state index in [2.05, 4.69) is 36.3 Å². The van der Waals surface area contributed by atoms with Crippen molar-refractivity contribution in [2.45, 2.75) is 26.2 Å². The van der Waals surface area contributed by atoms with Gasteiger partial charge in [-0.3, -0.25) is 0 Å². The van der Waals surface area contributed by atoms with Gasteiger partial charge in [-0.15, -0.1) is 0 Å². The van der Waals surface area contributed by atoms with Crippen LogP contribution in [0.2, 0.25) is 0 Å². The Bertz CT molecular complexity index is 540. The molecular weight excluding hydrogens is 198 g/mol. The van der Waals surface area contributed by atoms with Gasteiger partial charge in [0.05, 0.1) is 5.69 Å². The minimum atomic E-state index is 0.703. The first-order valence-corrected chi connectivity index (χ1v) is 5.69. The molecule has 2 aromatic rings. The number of hydrogen-bond acceptors (Lipinski definition) is 2. The van der Waals surface area contributed by atoms with Gasteiger partial charge in [-0.1, -0.05) is 12.1 Å². The number of fused-ring (bicyclic) bond motifs is 1. The highest BCUT2D eigenvalue weighted by Crippen LogP contribution is 2.28. The van der Waals surface area contributed by atoms with Crippen molar-refractivity contribution in [2.75, 3.05) is 5.73 Å². The van der Waals surface area contributed by atoms with E-state index in [0.29, 0.717) is 5.82 Å². The summed E-state index contributed by atoms with van der Waals surface area (Å²) in [5.41, 5.74) is 10.9. The summed E-state index contributed by atoms with van der Waals surface area (Å²) in [6, 6.07) is 8.38. The van der Waals surface area contributed by atoms with Gasteiger partial charge in [0.2, 0.25) is 0 Å². The molecule has 3 heteroatoms. The maximum atomic E-state index is 5.94. The van der Waals surface area contributed by atoms with Crippen LogP contribution in [0.15, 0.2) is 24.3 Å². The van der Waals surface area contributed by atoms with Crippen molar-refractivity contribution in [3.8, 4) is 5.69 Å². The Labute approximate surface area is 94.9 Å². The number of hydrogen-bond donors (Lipinski definition) is 1. The van der Waals surface area contributed by atoms with Crippen LogP contribution in [-0.4, -0.2) is 9.78 Å². The van der Waals surface area contributed by atoms with Crippen molar-refractivity contribution in [3.63, 3.8) is 0 Å². The molecule has 0 bridgehead atoms. The molecule has 0 spiro atoms. The summed E-state index contributed by atoms with van der Waals surface area (Å²) >= 11 is 0. The van der Waals surface area contributed by atoms with E-state index >= 15 is 0 Å². The normalized spacial score (nSPS) is 14.1. The van der Waals surface area contributed by atoms with Crippen LogP contribution >= 0.6 is 0 Å². The molecule has 0 unspecified atom stereocenters. The van der Waals surface area contributed by atoms with Crippen LogP contribution in [-0.2, 0) is 12.8 Å². The second-order valence-electron chi connectivity index (χ2n) is 4.41. The third-order valence-electron chi connectivity index (χ3n) is 3.21. The predicted molar refractivity (Wildman–Crippen MR) is 64.7 cm³/mol. The van der Waals surface area contributed by atoms with Crippen LogP contribution in [0.3, 0.4) is 0 Å². The standard InChI is InChI=1S/C13H15N3/c1-9-4-2-5-10(8-9)16-12-7-3-6-11(12)13(14)15-16/h2,4-5,8H,3,6-7H2,1H3,(H2,14,15). The maximum absolute atomic E-state index is 5.94. The van der Waals surface area contributed by atoms with E-state index in [1.165, 1.54) is 23.2 Å². The monoisotopic (exact) mass is 213 g/mol. The average molecular weight is 213 g/mol. The quantitative estimate of drug-likeness (QED) is 0.789. The van der Waals surface area contributed by atoms with Gasteiger partial charge in [0.1, 0.15) is 5.82 Å². The third-order valence-corrected chi connectivity index (χ3v) is 3.21. The summed E-state index contributed by atoms with van der Waals surface area (Å²) in [6.07, 6.45) is 3.36. The van der Waals surface area contributed by atoms with Gasteiger partial charge in [-0.2, -0.15) is 5.10 Å². The number of nitrogens with two attached hydrogens (primary N) is 1. The van der Waals surface area contributed by atoms with E-state index in [4.69, 9.17) is 5.73 Å². The number of benzene rings is 1. The third kappa shape index (κ3) is 1.32. The fourth-order valence-corrected chi connectivity index (χ4v) is 2.44. The number of aromatic nitrogens is 2. The van der Waals surface area contributed by atoms with E-state index in [9.17, 15) is 0 Å². The largest absolute Gasteiger partial charge is 0.382 e. The molecule has 0 amide bonds. The van der Waals surface area contributed by atoms with Crippen molar-refractivity contribution in [2.24, 2.45) is 0 Å². The number of nitrogens with zero attached hydrogens (tertiary/aromatic N) is 2. The highest BCUT2D eigenvalue weighted by atomic mass is 15.3. The van der Waals surface area contributed by atoms with Gasteiger partial charge in [-0.05, 0) is 43.9 Å². The molecule has 0 radical (unpaired) electrons. The van der Waals surface area contributed by atoms with Crippen molar-refractivity contribution in [1.82, 2.24) is 9.78 Å². The molecule has 1 aliphatic rings. The van der Waals surface area contributed by atoms with E-state index in [1.807, 2.05) is 4.68 Å². The van der Waals surface area contributed by atoms with Crippen LogP contribution in [0.4, 0.5) is 5.82 Å². The van der Waals surface area contributed by atoms with Crippen LogP contribution in [0.1, 0.15) is 23.2 Å². The first-order chi connectivity index (χ1) is 7.75. The molecule has 0 atom stereocenters. The van der Waals surface area contributed by atoms with Gasteiger partial charge in [-0.25, -0.2) is 4.68 Å². The smallest absolute Gasteiger partial charge is 0.149 e. The molecule has 0 saturated heterocycles. The lowest BCUT2D eigenvalue weighted by molar-refractivity contribution is 0.788. The van der Waals surface area contributed by atoms with Gasteiger partial charge in [0.25, 0.3) is 0 Å². The Balaban J connectivity index is 2.17. The minimum Gasteiger partial charge on any atom is -0.382 e. The van der Waals surface area contributed by atoms with E-state index in [0.717, 1.165) is 18.5 Å². The summed E-state index contributed by atoms with van der Waals surface area (Å²) in [7, 11) is 0. The van der Waals surface area contributed by atoms with Crippen molar-refractivity contribution in [1.29, 1.82) is 0 Å². The first kappa shape index (κ1) is 9.46. The summed E-state index contributed by atoms with van der Waals surface area (Å²) in [5, 5.41) is 4.44. The molecule has 1 aromatic heterocycles. The molecule has 0 saturated carbocycles. The lowest BCUT2D eigenvalue weighted by Gasteiger charge is -2.05. The number of aryl methyl sites for hydroxylation is 1. The predicted octanol–water partition coefficient (Wildman–Crippen LogP) is 2.25. The van der Waals surface area contributed by atoms with Gasteiger partial charge in [0, 0.05) is 11.3 Å². The Hall–Kier alpha value is -1.77. The molecule has 3 rings (SSSR count). The zero-order chi connectivity index (χ0) is 11.1. The molecule has 2 N–H and O–H groups in total. The Morgan fingerprint density at radius 1 is 1.31 bits per heavy atom. The van der Waals surface area contributed by atoms with Crippen LogP contribution in [0.25, 0.3) is 5.69 Å². The molecule has 1 heterocycles. The Morgan fingerprint density at radius 2 is 2.19 bits per heavy atom. The van der Waals surface area contributed by atoms with Crippen LogP contribution in [0, 0.1) is 6.92 Å². The lowest BCUT2D eigenvalue weighted by Crippen LogP contribution is -2.01.